The van der Waals surface area contributed by atoms with Crippen molar-refractivity contribution >= 4 is 22.7 Å². The molecule has 0 radical (unpaired) electrons. The third-order valence-corrected chi connectivity index (χ3v) is 10.0. The van der Waals surface area contributed by atoms with Crippen LogP contribution in [0.25, 0.3) is 22.2 Å². The van der Waals surface area contributed by atoms with Crippen LogP contribution in [-0.2, 0) is 4.74 Å². The zero-order valence-electron chi connectivity index (χ0n) is 22.7. The number of nitrogens with one attached hydrogen (secondary N) is 1. The molecule has 1 heterocycles. The lowest BCUT2D eigenvalue weighted by Crippen LogP contribution is -2.39. The van der Waals surface area contributed by atoms with Crippen molar-refractivity contribution in [3.05, 3.63) is 48.0 Å². The Bertz CT molecular complexity index is 1430. The van der Waals surface area contributed by atoms with Gasteiger partial charge in [0.25, 0.3) is 0 Å². The molecule has 0 aliphatic heterocycles. The van der Waals surface area contributed by atoms with Crippen molar-refractivity contribution in [2.45, 2.75) is 76.9 Å². The van der Waals surface area contributed by atoms with Crippen LogP contribution in [0.4, 0.5) is 10.5 Å². The van der Waals surface area contributed by atoms with E-state index in [9.17, 15) is 10.1 Å². The van der Waals surface area contributed by atoms with Crippen LogP contribution < -0.4 is 10.1 Å². The molecule has 9 rings (SSSR count). The number of rotatable bonds is 6. The average molecular weight is 524 g/mol. The molecule has 6 saturated carbocycles. The molecule has 0 spiro atoms. The van der Waals surface area contributed by atoms with Gasteiger partial charge >= 0.3 is 6.09 Å². The highest BCUT2D eigenvalue weighted by molar-refractivity contribution is 5.96. The summed E-state index contributed by atoms with van der Waals surface area (Å²) in [7, 11) is 0. The first-order chi connectivity index (χ1) is 19.1. The Labute approximate surface area is 230 Å². The molecule has 3 aromatic rings. The monoisotopic (exact) mass is 523 g/mol. The van der Waals surface area contributed by atoms with Crippen molar-refractivity contribution in [2.75, 3.05) is 11.9 Å². The number of benzene rings is 2. The second-order valence-electron chi connectivity index (χ2n) is 12.2. The molecule has 202 valence electrons. The Balaban J connectivity index is 1.13. The first-order valence-electron chi connectivity index (χ1n) is 14.9. The van der Waals surface area contributed by atoms with Gasteiger partial charge in [0.05, 0.1) is 23.4 Å². The molecule has 6 fully saturated rings. The van der Waals surface area contributed by atoms with Gasteiger partial charge in [-0.1, -0.05) is 18.6 Å². The molecule has 5 unspecified atom stereocenters. The molecular weight excluding hydrogens is 486 g/mol. The summed E-state index contributed by atoms with van der Waals surface area (Å²) in [6.45, 7) is 2.59. The van der Waals surface area contributed by atoms with Crippen molar-refractivity contribution in [1.29, 1.82) is 5.26 Å². The van der Waals surface area contributed by atoms with Gasteiger partial charge in [0.1, 0.15) is 17.9 Å². The number of carbonyl (C=O) groups excluding carboxylic acids is 1. The molecule has 4 bridgehead atoms. The number of nitrogens with zero attached hydrogens (tertiary/aromatic N) is 2. The third kappa shape index (κ3) is 4.36. The van der Waals surface area contributed by atoms with Crippen LogP contribution in [-0.4, -0.2) is 23.4 Å². The standard InChI is InChI=1S/C33H37N3O3/c1-2-38-26-12-13-27-29(19-34)32(36(30(27)18-26)25-4-3-5-25)22-8-10-24(11-9-22)35-33(37)39-31-17-21-14-20-6-7-23(15-21)28(31)16-20/h8-13,18,20-21,23,25,28,31H,2-7,14-17H2,1H3,(H,35,37). The van der Waals surface area contributed by atoms with Gasteiger partial charge in [0.2, 0.25) is 0 Å². The van der Waals surface area contributed by atoms with Crippen molar-refractivity contribution in [2.24, 2.45) is 23.7 Å². The van der Waals surface area contributed by atoms with Crippen molar-refractivity contribution in [3.8, 4) is 23.1 Å². The van der Waals surface area contributed by atoms with Gasteiger partial charge in [-0.2, -0.15) is 5.26 Å². The van der Waals surface area contributed by atoms with Gasteiger partial charge < -0.3 is 14.0 Å². The highest BCUT2D eigenvalue weighted by atomic mass is 16.6. The van der Waals surface area contributed by atoms with E-state index in [1.807, 2.05) is 43.3 Å². The molecule has 1 amide bonds. The van der Waals surface area contributed by atoms with Crippen LogP contribution in [0.1, 0.15) is 76.3 Å². The van der Waals surface area contributed by atoms with E-state index < -0.39 is 0 Å². The number of fused-ring (bicyclic) bond motifs is 3. The van der Waals surface area contributed by atoms with Gasteiger partial charge in [-0.05, 0) is 112 Å². The van der Waals surface area contributed by atoms with Crippen LogP contribution in [0.5, 0.6) is 5.75 Å². The number of amides is 1. The van der Waals surface area contributed by atoms with E-state index in [4.69, 9.17) is 9.47 Å². The Morgan fingerprint density at radius 1 is 1.03 bits per heavy atom. The molecule has 39 heavy (non-hydrogen) atoms. The van der Waals surface area contributed by atoms with Crippen LogP contribution in [0, 0.1) is 35.0 Å². The van der Waals surface area contributed by atoms with E-state index in [1.54, 1.807) is 0 Å². The maximum atomic E-state index is 12.9. The van der Waals surface area contributed by atoms with Gasteiger partial charge in [0.15, 0.2) is 0 Å². The second kappa shape index (κ2) is 9.93. The van der Waals surface area contributed by atoms with Crippen LogP contribution in [0.15, 0.2) is 42.5 Å². The summed E-state index contributed by atoms with van der Waals surface area (Å²) >= 11 is 0. The smallest absolute Gasteiger partial charge is 0.411 e. The van der Waals surface area contributed by atoms with E-state index >= 15 is 0 Å². The maximum absolute atomic E-state index is 12.9. The number of carbonyl (C=O) groups is 1. The summed E-state index contributed by atoms with van der Waals surface area (Å²) in [6.07, 6.45) is 10.7. The molecule has 6 aliphatic carbocycles. The first kappa shape index (κ1) is 24.6. The maximum Gasteiger partial charge on any atom is 0.411 e. The van der Waals surface area contributed by atoms with Crippen LogP contribution in [0.2, 0.25) is 0 Å². The van der Waals surface area contributed by atoms with Gasteiger partial charge in [-0.15, -0.1) is 0 Å². The lowest BCUT2D eigenvalue weighted by molar-refractivity contribution is -0.00473. The summed E-state index contributed by atoms with van der Waals surface area (Å²) < 4.78 is 14.2. The minimum atomic E-state index is -0.346. The first-order valence-corrected chi connectivity index (χ1v) is 14.9. The minimum Gasteiger partial charge on any atom is -0.494 e. The van der Waals surface area contributed by atoms with Crippen LogP contribution in [0.3, 0.4) is 0 Å². The fraction of sp³-hybridized carbons (Fsp3) is 0.515. The number of hydrogen-bond donors (Lipinski definition) is 1. The molecule has 1 N–H and O–H groups in total. The largest absolute Gasteiger partial charge is 0.494 e. The van der Waals surface area contributed by atoms with Gasteiger partial charge in [-0.3, -0.25) is 5.32 Å². The van der Waals surface area contributed by atoms with E-state index in [2.05, 4.69) is 22.0 Å². The molecule has 6 nitrogen and oxygen atoms in total. The quantitative estimate of drug-likeness (QED) is 0.354. The molecule has 5 atom stereocenters. The second-order valence-corrected chi connectivity index (χ2v) is 12.2. The van der Waals surface area contributed by atoms with Crippen molar-refractivity contribution in [1.82, 2.24) is 4.57 Å². The molecular formula is C33H37N3O3. The summed E-state index contributed by atoms with van der Waals surface area (Å²) in [6, 6.07) is 16.8. The fourth-order valence-electron chi connectivity index (χ4n) is 8.11. The van der Waals surface area contributed by atoms with Crippen LogP contribution >= 0.6 is 0 Å². The zero-order valence-corrected chi connectivity index (χ0v) is 22.7. The summed E-state index contributed by atoms with van der Waals surface area (Å²) in [5.74, 6) is 3.66. The number of aromatic nitrogens is 1. The molecule has 0 saturated heterocycles. The van der Waals surface area contributed by atoms with E-state index in [-0.39, 0.29) is 12.2 Å². The predicted molar refractivity (Wildman–Crippen MR) is 152 cm³/mol. The van der Waals surface area contributed by atoms with Gasteiger partial charge in [-0.25, -0.2) is 4.79 Å². The SMILES string of the molecule is CCOc1ccc2c(C#N)c(-c3ccc(NC(=O)OC4CC5CC6CCC(C5)C4C6)cc3)n(C3CCC3)c2c1. The molecule has 1 aromatic heterocycles. The topological polar surface area (TPSA) is 76.3 Å². The average Bonchev–Trinajstić information content (AvgIpc) is 3.04. The number of anilines is 1. The zero-order chi connectivity index (χ0) is 26.5. The van der Waals surface area contributed by atoms with Gasteiger partial charge in [0, 0.05) is 23.2 Å². The Morgan fingerprint density at radius 3 is 2.62 bits per heavy atom. The Kier molecular flexibility index (Phi) is 6.26. The van der Waals surface area contributed by atoms with E-state index in [0.717, 1.165) is 64.9 Å². The highest BCUT2D eigenvalue weighted by Crippen LogP contribution is 2.53. The van der Waals surface area contributed by atoms with E-state index in [0.29, 0.717) is 29.8 Å². The highest BCUT2D eigenvalue weighted by Gasteiger charge is 2.47. The summed E-state index contributed by atoms with van der Waals surface area (Å²) in [4.78, 5) is 12.9. The Morgan fingerprint density at radius 2 is 1.87 bits per heavy atom. The van der Waals surface area contributed by atoms with Crippen molar-refractivity contribution in [3.63, 3.8) is 0 Å². The molecule has 2 aromatic carbocycles. The number of hydrogen-bond acceptors (Lipinski definition) is 4. The Hall–Kier alpha value is -3.46. The number of nitriles is 1. The normalized spacial score (nSPS) is 27.5. The van der Waals surface area contributed by atoms with E-state index in [1.165, 1.54) is 38.5 Å². The lowest BCUT2D eigenvalue weighted by Gasteiger charge is -2.40. The molecule has 6 heteroatoms. The molecule has 6 aliphatic rings. The fourth-order valence-corrected chi connectivity index (χ4v) is 8.11. The summed E-state index contributed by atoms with van der Waals surface area (Å²) in [5.41, 5.74) is 4.38. The summed E-state index contributed by atoms with van der Waals surface area (Å²) in [5, 5.41) is 14.1. The predicted octanol–water partition coefficient (Wildman–Crippen LogP) is 8.07. The minimum absolute atomic E-state index is 0.0521. The third-order valence-electron chi connectivity index (χ3n) is 10.0. The number of ether oxygens (including phenoxy) is 2. The van der Waals surface area contributed by atoms with Crippen molar-refractivity contribution < 1.29 is 14.3 Å². The lowest BCUT2D eigenvalue weighted by atomic mass is 9.69.